The average molecular weight is 264 g/mol. The molecule has 0 radical (unpaired) electrons. The molecule has 0 saturated carbocycles. The van der Waals surface area contributed by atoms with Crippen molar-refractivity contribution >= 4 is 16.8 Å². The lowest BCUT2D eigenvalue weighted by Gasteiger charge is -2.06. The highest BCUT2D eigenvalue weighted by atomic mass is 16.5. The summed E-state index contributed by atoms with van der Waals surface area (Å²) in [5, 5.41) is 0.549. The fourth-order valence-corrected chi connectivity index (χ4v) is 1.89. The van der Waals surface area contributed by atoms with Gasteiger partial charge in [0.1, 0.15) is 0 Å². The molecule has 0 aliphatic rings. The first-order valence-electron chi connectivity index (χ1n) is 5.74. The number of methoxy groups -OCH3 is 2. The van der Waals surface area contributed by atoms with E-state index in [-0.39, 0.29) is 11.8 Å². The van der Waals surface area contributed by atoms with E-state index in [4.69, 9.17) is 15.2 Å². The summed E-state index contributed by atoms with van der Waals surface area (Å²) in [6.45, 7) is 1.64. The second kappa shape index (κ2) is 4.85. The minimum Gasteiger partial charge on any atom is -0.480 e. The molecule has 0 fully saturated rings. The average Bonchev–Trinajstić information content (AvgIpc) is 2.74. The molecule has 1 atom stereocenters. The highest BCUT2D eigenvalue weighted by Gasteiger charge is 2.22. The van der Waals surface area contributed by atoms with Crippen LogP contribution in [0.4, 0.5) is 0 Å². The predicted octanol–water partition coefficient (Wildman–Crippen LogP) is 0.515. The number of fused-ring (bicyclic) bond motifs is 1. The Morgan fingerprint density at radius 1 is 1.37 bits per heavy atom. The minimum absolute atomic E-state index is 0.183. The van der Waals surface area contributed by atoms with E-state index in [0.29, 0.717) is 22.5 Å². The summed E-state index contributed by atoms with van der Waals surface area (Å²) >= 11 is 0. The SMILES string of the molecule is COc1nc(OC)c2c(C(=O)C(C)N)cn(C)c2n1. The number of Topliss-reactive ketones (excluding diaryl/α,β-unsaturated/α-hetero) is 1. The molecule has 1 unspecified atom stereocenters. The van der Waals surface area contributed by atoms with Crippen LogP contribution in [0.3, 0.4) is 0 Å². The van der Waals surface area contributed by atoms with Gasteiger partial charge in [0.2, 0.25) is 5.88 Å². The van der Waals surface area contributed by atoms with Crippen molar-refractivity contribution in [3.05, 3.63) is 11.8 Å². The van der Waals surface area contributed by atoms with Gasteiger partial charge < -0.3 is 19.8 Å². The van der Waals surface area contributed by atoms with Crippen LogP contribution in [-0.4, -0.2) is 40.6 Å². The molecule has 0 amide bonds. The Hall–Kier alpha value is -2.15. The highest BCUT2D eigenvalue weighted by Crippen LogP contribution is 2.29. The van der Waals surface area contributed by atoms with Crippen molar-refractivity contribution in [2.75, 3.05) is 14.2 Å². The molecule has 19 heavy (non-hydrogen) atoms. The molecular weight excluding hydrogens is 248 g/mol. The molecule has 0 saturated heterocycles. The molecule has 7 heteroatoms. The second-order valence-corrected chi connectivity index (χ2v) is 4.22. The van der Waals surface area contributed by atoms with E-state index in [1.165, 1.54) is 14.2 Å². The van der Waals surface area contributed by atoms with E-state index in [1.54, 1.807) is 24.7 Å². The van der Waals surface area contributed by atoms with E-state index in [0.717, 1.165) is 0 Å². The van der Waals surface area contributed by atoms with Gasteiger partial charge in [-0.2, -0.15) is 9.97 Å². The van der Waals surface area contributed by atoms with E-state index in [2.05, 4.69) is 9.97 Å². The van der Waals surface area contributed by atoms with Gasteiger partial charge in [-0.1, -0.05) is 0 Å². The van der Waals surface area contributed by atoms with E-state index in [1.807, 2.05) is 0 Å². The van der Waals surface area contributed by atoms with Crippen molar-refractivity contribution in [2.24, 2.45) is 12.8 Å². The Morgan fingerprint density at radius 2 is 2.05 bits per heavy atom. The van der Waals surface area contributed by atoms with Gasteiger partial charge in [0.15, 0.2) is 11.4 Å². The summed E-state index contributed by atoms with van der Waals surface area (Å²) in [5.41, 5.74) is 6.66. The quantitative estimate of drug-likeness (QED) is 0.809. The molecule has 2 N–H and O–H groups in total. The van der Waals surface area contributed by atoms with Crippen LogP contribution in [0.5, 0.6) is 11.9 Å². The maximum atomic E-state index is 12.1. The number of aromatic nitrogens is 3. The fraction of sp³-hybridized carbons (Fsp3) is 0.417. The Labute approximate surface area is 110 Å². The molecular formula is C12H16N4O3. The topological polar surface area (TPSA) is 92.3 Å². The standard InChI is InChI=1S/C12H16N4O3/c1-6(13)9(17)7-5-16(2)10-8(7)11(18-3)15-12(14-10)19-4/h5-6H,13H2,1-4H3. The van der Waals surface area contributed by atoms with Crippen LogP contribution in [0.25, 0.3) is 11.0 Å². The second-order valence-electron chi connectivity index (χ2n) is 4.22. The predicted molar refractivity (Wildman–Crippen MR) is 69.6 cm³/mol. The van der Waals surface area contributed by atoms with Gasteiger partial charge in [-0.25, -0.2) is 0 Å². The minimum atomic E-state index is -0.600. The number of ketones is 1. The van der Waals surface area contributed by atoms with Gasteiger partial charge in [-0.15, -0.1) is 0 Å². The summed E-state index contributed by atoms with van der Waals surface area (Å²) in [4.78, 5) is 20.4. The Morgan fingerprint density at radius 3 is 2.58 bits per heavy atom. The van der Waals surface area contributed by atoms with Gasteiger partial charge in [0.05, 0.1) is 31.2 Å². The van der Waals surface area contributed by atoms with E-state index >= 15 is 0 Å². The maximum Gasteiger partial charge on any atom is 0.321 e. The van der Waals surface area contributed by atoms with Gasteiger partial charge in [0, 0.05) is 13.2 Å². The van der Waals surface area contributed by atoms with Crippen LogP contribution in [0.2, 0.25) is 0 Å². The zero-order valence-electron chi connectivity index (χ0n) is 11.3. The van der Waals surface area contributed by atoms with Crippen molar-refractivity contribution in [1.29, 1.82) is 0 Å². The van der Waals surface area contributed by atoms with Gasteiger partial charge in [-0.3, -0.25) is 4.79 Å². The largest absolute Gasteiger partial charge is 0.480 e. The van der Waals surface area contributed by atoms with Crippen LogP contribution in [0.15, 0.2) is 6.20 Å². The van der Waals surface area contributed by atoms with Crippen molar-refractivity contribution in [3.63, 3.8) is 0 Å². The number of carbonyl (C=O) groups is 1. The molecule has 0 aliphatic carbocycles. The number of nitrogens with zero attached hydrogens (tertiary/aromatic N) is 3. The van der Waals surface area contributed by atoms with Gasteiger partial charge >= 0.3 is 6.01 Å². The normalized spacial score (nSPS) is 12.5. The monoisotopic (exact) mass is 264 g/mol. The summed E-state index contributed by atoms with van der Waals surface area (Å²) in [5.74, 6) is 0.115. The van der Waals surface area contributed by atoms with Crippen LogP contribution < -0.4 is 15.2 Å². The fourth-order valence-electron chi connectivity index (χ4n) is 1.89. The van der Waals surface area contributed by atoms with Crippen LogP contribution in [0.1, 0.15) is 17.3 Å². The van der Waals surface area contributed by atoms with E-state index < -0.39 is 6.04 Å². The zero-order valence-corrected chi connectivity index (χ0v) is 11.3. The first-order chi connectivity index (χ1) is 8.99. The number of hydrogen-bond acceptors (Lipinski definition) is 6. The molecule has 0 bridgehead atoms. The lowest BCUT2D eigenvalue weighted by molar-refractivity contribution is 0.0969. The molecule has 0 spiro atoms. The summed E-state index contributed by atoms with van der Waals surface area (Å²) in [6, 6.07) is -0.414. The summed E-state index contributed by atoms with van der Waals surface area (Å²) in [6.07, 6.45) is 1.67. The van der Waals surface area contributed by atoms with Crippen LogP contribution in [-0.2, 0) is 7.05 Å². The molecule has 7 nitrogen and oxygen atoms in total. The molecule has 0 aromatic carbocycles. The molecule has 2 rings (SSSR count). The smallest absolute Gasteiger partial charge is 0.321 e. The van der Waals surface area contributed by atoms with Gasteiger partial charge in [-0.05, 0) is 6.92 Å². The van der Waals surface area contributed by atoms with Crippen molar-refractivity contribution in [2.45, 2.75) is 13.0 Å². The Bertz CT molecular complexity index is 633. The molecule has 0 aliphatic heterocycles. The number of aryl methyl sites for hydroxylation is 1. The Kier molecular flexibility index (Phi) is 3.39. The highest BCUT2D eigenvalue weighted by molar-refractivity contribution is 6.11. The van der Waals surface area contributed by atoms with E-state index in [9.17, 15) is 4.79 Å². The lowest BCUT2D eigenvalue weighted by atomic mass is 10.1. The van der Waals surface area contributed by atoms with Crippen molar-refractivity contribution in [3.8, 4) is 11.9 Å². The molecule has 2 heterocycles. The van der Waals surface area contributed by atoms with Crippen LogP contribution >= 0.6 is 0 Å². The number of carbonyl (C=O) groups excluding carboxylic acids is 1. The first kappa shape index (κ1) is 13.3. The first-order valence-corrected chi connectivity index (χ1v) is 5.74. The zero-order chi connectivity index (χ0) is 14.2. The third-order valence-electron chi connectivity index (χ3n) is 2.82. The third kappa shape index (κ3) is 2.12. The molecule has 2 aromatic rings. The van der Waals surface area contributed by atoms with Crippen molar-refractivity contribution in [1.82, 2.24) is 14.5 Å². The number of rotatable bonds is 4. The molecule has 2 aromatic heterocycles. The number of hydrogen-bond donors (Lipinski definition) is 1. The number of ether oxygens (including phenoxy) is 2. The number of nitrogens with two attached hydrogens (primary N) is 1. The lowest BCUT2D eigenvalue weighted by Crippen LogP contribution is -2.26. The summed E-state index contributed by atoms with van der Waals surface area (Å²) < 4.78 is 11.9. The summed E-state index contributed by atoms with van der Waals surface area (Å²) in [7, 11) is 4.73. The Balaban J connectivity index is 2.78. The van der Waals surface area contributed by atoms with Crippen molar-refractivity contribution < 1.29 is 14.3 Å². The van der Waals surface area contributed by atoms with Crippen LogP contribution in [0, 0.1) is 0 Å². The van der Waals surface area contributed by atoms with Gasteiger partial charge in [0.25, 0.3) is 0 Å². The maximum absolute atomic E-state index is 12.1. The third-order valence-corrected chi connectivity index (χ3v) is 2.82. The molecule has 102 valence electrons.